The number of epoxide rings is 1. The second-order valence-electron chi connectivity index (χ2n) is 8.10. The molecule has 2 heterocycles. The van der Waals surface area contributed by atoms with Gasteiger partial charge in [0.05, 0.1) is 15.4 Å². The zero-order valence-corrected chi connectivity index (χ0v) is 16.8. The first kappa shape index (κ1) is 20.0. The molecule has 1 unspecified atom stereocenters. The smallest absolute Gasteiger partial charge is 0.269 e. The van der Waals surface area contributed by atoms with Gasteiger partial charge in [0.15, 0.2) is 11.2 Å². The molecule has 0 amide bonds. The fraction of sp³-hybridized carbons (Fsp3) is 0.381. The van der Waals surface area contributed by atoms with Gasteiger partial charge in [-0.05, 0) is 31.4 Å². The molecule has 2 aliphatic heterocycles. The molecule has 156 valence electrons. The van der Waals surface area contributed by atoms with Gasteiger partial charge in [-0.15, -0.1) is 0 Å². The summed E-state index contributed by atoms with van der Waals surface area (Å²) in [6, 6.07) is 12.3. The Hall–Kier alpha value is -3.33. The molecule has 4 rings (SSSR count). The molecule has 0 radical (unpaired) electrons. The van der Waals surface area contributed by atoms with Crippen LogP contribution < -0.4 is 0 Å². The number of aliphatic imine (C=N–C) groups is 1. The van der Waals surface area contributed by atoms with Crippen molar-refractivity contribution in [3.8, 4) is 0 Å². The Morgan fingerprint density at radius 2 is 1.53 bits per heavy atom. The van der Waals surface area contributed by atoms with E-state index in [1.807, 2.05) is 20.8 Å². The highest BCUT2D eigenvalue weighted by Gasteiger charge is 2.76. The zero-order chi connectivity index (χ0) is 21.7. The Labute approximate surface area is 172 Å². The van der Waals surface area contributed by atoms with Crippen molar-refractivity contribution in [1.29, 1.82) is 0 Å². The predicted molar refractivity (Wildman–Crippen MR) is 109 cm³/mol. The van der Waals surface area contributed by atoms with Crippen LogP contribution in [-0.2, 0) is 15.1 Å². The first-order chi connectivity index (χ1) is 14.1. The molecule has 0 aromatic heterocycles. The largest absolute Gasteiger partial charge is 0.476 e. The fourth-order valence-electron chi connectivity index (χ4n) is 4.12. The Morgan fingerprint density at radius 1 is 1.00 bits per heavy atom. The average Bonchev–Trinajstić information content (AvgIpc) is 3.30. The minimum atomic E-state index is -1.18. The van der Waals surface area contributed by atoms with Crippen LogP contribution in [0.5, 0.6) is 0 Å². The maximum absolute atomic E-state index is 11.4. The highest BCUT2D eigenvalue weighted by atomic mass is 16.7. The van der Waals surface area contributed by atoms with Gasteiger partial charge in [-0.25, -0.2) is 4.99 Å². The van der Waals surface area contributed by atoms with Gasteiger partial charge >= 0.3 is 0 Å². The normalized spacial score (nSPS) is 23.4. The molecule has 0 spiro atoms. The number of rotatable bonds is 6. The van der Waals surface area contributed by atoms with Crippen LogP contribution in [0.25, 0.3) is 0 Å². The second kappa shape index (κ2) is 6.60. The number of nitro benzene ring substituents is 2. The van der Waals surface area contributed by atoms with Crippen LogP contribution in [-0.4, -0.2) is 33.5 Å². The van der Waals surface area contributed by atoms with E-state index < -0.39 is 26.6 Å². The van der Waals surface area contributed by atoms with Gasteiger partial charge in [-0.2, -0.15) is 0 Å². The van der Waals surface area contributed by atoms with E-state index in [2.05, 4.69) is 4.99 Å². The van der Waals surface area contributed by atoms with E-state index in [1.54, 1.807) is 24.3 Å². The van der Waals surface area contributed by atoms with Crippen molar-refractivity contribution < 1.29 is 19.3 Å². The third-order valence-corrected chi connectivity index (χ3v) is 5.59. The van der Waals surface area contributed by atoms with Crippen molar-refractivity contribution in [3.63, 3.8) is 0 Å². The summed E-state index contributed by atoms with van der Waals surface area (Å²) in [5.41, 5.74) is -1.75. The maximum Gasteiger partial charge on any atom is 0.269 e. The number of nitro groups is 2. The van der Waals surface area contributed by atoms with Crippen molar-refractivity contribution in [3.05, 3.63) is 79.9 Å². The second-order valence-corrected chi connectivity index (χ2v) is 8.10. The monoisotopic (exact) mass is 411 g/mol. The maximum atomic E-state index is 11.4. The summed E-state index contributed by atoms with van der Waals surface area (Å²) in [4.78, 5) is 26.5. The lowest BCUT2D eigenvalue weighted by Crippen LogP contribution is -2.33. The molecule has 2 aromatic rings. The van der Waals surface area contributed by atoms with Crippen molar-refractivity contribution in [1.82, 2.24) is 0 Å². The van der Waals surface area contributed by atoms with E-state index in [0.717, 1.165) is 0 Å². The lowest BCUT2D eigenvalue weighted by Gasteiger charge is -2.20. The van der Waals surface area contributed by atoms with Crippen molar-refractivity contribution in [2.24, 2.45) is 4.99 Å². The molecule has 1 fully saturated rings. The van der Waals surface area contributed by atoms with E-state index in [-0.39, 0.29) is 11.4 Å². The van der Waals surface area contributed by atoms with E-state index in [9.17, 15) is 20.2 Å². The summed E-state index contributed by atoms with van der Waals surface area (Å²) in [6.45, 7) is 6.17. The Balaban J connectivity index is 1.94. The number of ether oxygens (including phenoxy) is 2. The molecular formula is C21H21N3O6. The van der Waals surface area contributed by atoms with Crippen molar-refractivity contribution in [2.75, 3.05) is 6.61 Å². The minimum absolute atomic E-state index is 0.0904. The number of benzene rings is 2. The first-order valence-corrected chi connectivity index (χ1v) is 9.58. The molecule has 9 nitrogen and oxygen atoms in total. The van der Waals surface area contributed by atoms with Crippen LogP contribution in [0.4, 0.5) is 11.4 Å². The van der Waals surface area contributed by atoms with E-state index in [0.29, 0.717) is 30.1 Å². The molecule has 0 aliphatic carbocycles. The number of hydrogen-bond donors (Lipinski definition) is 0. The predicted octanol–water partition coefficient (Wildman–Crippen LogP) is 4.13. The van der Waals surface area contributed by atoms with Crippen LogP contribution in [0.1, 0.15) is 38.3 Å². The molecule has 30 heavy (non-hydrogen) atoms. The molecule has 1 atom stereocenters. The third-order valence-electron chi connectivity index (χ3n) is 5.59. The summed E-state index contributed by atoms with van der Waals surface area (Å²) in [5, 5.41) is 22.8. The molecule has 0 saturated carbocycles. The summed E-state index contributed by atoms with van der Waals surface area (Å²) >= 11 is 0. The molecule has 1 saturated heterocycles. The van der Waals surface area contributed by atoms with E-state index in [1.165, 1.54) is 24.3 Å². The molecule has 0 N–H and O–H groups in total. The zero-order valence-electron chi connectivity index (χ0n) is 16.8. The van der Waals surface area contributed by atoms with Crippen LogP contribution in [0.15, 0.2) is 53.5 Å². The van der Waals surface area contributed by atoms with Gasteiger partial charge in [0.1, 0.15) is 6.61 Å². The van der Waals surface area contributed by atoms with Gasteiger partial charge in [0.2, 0.25) is 5.90 Å². The van der Waals surface area contributed by atoms with Crippen LogP contribution in [0.3, 0.4) is 0 Å². The summed E-state index contributed by atoms with van der Waals surface area (Å²) in [5.74, 6) is 0.410. The standard InChI is InChI=1S/C21H21N3O6/c1-4-20(18-22-19(2,3)13-29-18)21(30-20,14-7-5-9-16(11-14)23(25)26)15-8-6-10-17(12-15)24(27)28/h5-12H,4,13H2,1-3H3. The Bertz CT molecular complexity index is 1020. The summed E-state index contributed by atoms with van der Waals surface area (Å²) in [7, 11) is 0. The van der Waals surface area contributed by atoms with Gasteiger partial charge in [0, 0.05) is 24.3 Å². The van der Waals surface area contributed by atoms with Gasteiger partial charge in [0.25, 0.3) is 11.4 Å². The lowest BCUT2D eigenvalue weighted by molar-refractivity contribution is -0.385. The van der Waals surface area contributed by atoms with E-state index >= 15 is 0 Å². The number of hydrogen-bond acceptors (Lipinski definition) is 7. The van der Waals surface area contributed by atoms with Crippen molar-refractivity contribution in [2.45, 2.75) is 43.9 Å². The summed E-state index contributed by atoms with van der Waals surface area (Å²) in [6.07, 6.45) is 0.466. The average molecular weight is 411 g/mol. The highest BCUT2D eigenvalue weighted by molar-refractivity contribution is 5.93. The Morgan fingerprint density at radius 3 is 1.93 bits per heavy atom. The number of non-ortho nitro benzene ring substituents is 2. The van der Waals surface area contributed by atoms with E-state index in [4.69, 9.17) is 9.47 Å². The van der Waals surface area contributed by atoms with Gasteiger partial charge in [-0.1, -0.05) is 31.2 Å². The number of nitrogens with zero attached hydrogens (tertiary/aromatic N) is 3. The summed E-state index contributed by atoms with van der Waals surface area (Å²) < 4.78 is 12.3. The molecule has 0 bridgehead atoms. The van der Waals surface area contributed by atoms with Crippen LogP contribution in [0.2, 0.25) is 0 Å². The lowest BCUT2D eigenvalue weighted by atomic mass is 9.78. The molecule has 2 aliphatic rings. The fourth-order valence-corrected chi connectivity index (χ4v) is 4.12. The third kappa shape index (κ3) is 2.85. The first-order valence-electron chi connectivity index (χ1n) is 9.58. The van der Waals surface area contributed by atoms with Crippen LogP contribution in [0, 0.1) is 20.2 Å². The van der Waals surface area contributed by atoms with Gasteiger partial charge in [-0.3, -0.25) is 20.2 Å². The molecular weight excluding hydrogens is 390 g/mol. The topological polar surface area (TPSA) is 120 Å². The molecule has 9 heteroatoms. The van der Waals surface area contributed by atoms with Gasteiger partial charge < -0.3 is 9.47 Å². The van der Waals surface area contributed by atoms with Crippen molar-refractivity contribution >= 4 is 17.3 Å². The highest BCUT2D eigenvalue weighted by Crippen LogP contribution is 2.63. The molecule has 2 aromatic carbocycles. The SMILES string of the molecule is CCC1(C2=NC(C)(C)CO2)OC1(c1cccc([N+](=O)[O-])c1)c1cccc([N+](=O)[O-])c1. The quantitative estimate of drug-likeness (QED) is 0.400. The van der Waals surface area contributed by atoms with Crippen LogP contribution >= 0.6 is 0 Å². The minimum Gasteiger partial charge on any atom is -0.476 e. The Kier molecular flexibility index (Phi) is 4.39.